The van der Waals surface area contributed by atoms with Crippen molar-refractivity contribution in [3.8, 4) is 0 Å². The summed E-state index contributed by atoms with van der Waals surface area (Å²) in [6.07, 6.45) is 2.19. The van der Waals surface area contributed by atoms with Crippen LogP contribution in [0.25, 0.3) is 0 Å². The zero-order valence-corrected chi connectivity index (χ0v) is 14.3. The van der Waals surface area contributed by atoms with E-state index in [-0.39, 0.29) is 5.91 Å². The van der Waals surface area contributed by atoms with Crippen molar-refractivity contribution in [3.05, 3.63) is 28.8 Å². The predicted octanol–water partition coefficient (Wildman–Crippen LogP) is 4.67. The van der Waals surface area contributed by atoms with Gasteiger partial charge in [0, 0.05) is 30.3 Å². The van der Waals surface area contributed by atoms with Gasteiger partial charge >= 0.3 is 0 Å². The third-order valence-corrected chi connectivity index (χ3v) is 4.12. The fourth-order valence-corrected chi connectivity index (χ4v) is 2.59. The van der Waals surface area contributed by atoms with E-state index in [4.69, 9.17) is 11.6 Å². The van der Waals surface area contributed by atoms with Gasteiger partial charge in [-0.1, -0.05) is 38.3 Å². The van der Waals surface area contributed by atoms with Crippen LogP contribution in [-0.4, -0.2) is 30.4 Å². The van der Waals surface area contributed by atoms with Crippen molar-refractivity contribution in [2.75, 3.05) is 25.0 Å². The summed E-state index contributed by atoms with van der Waals surface area (Å²) in [6.45, 7) is 10.7. The number of nitrogens with one attached hydrogen (secondary N) is 1. The average Bonchev–Trinajstić information content (AvgIpc) is 2.50. The van der Waals surface area contributed by atoms with Crippen LogP contribution < -0.4 is 5.32 Å². The van der Waals surface area contributed by atoms with Crippen molar-refractivity contribution in [1.29, 1.82) is 0 Å². The molecule has 1 N–H and O–H groups in total. The van der Waals surface area contributed by atoms with E-state index in [1.807, 2.05) is 30.9 Å². The van der Waals surface area contributed by atoms with Crippen LogP contribution in [0.4, 0.5) is 5.69 Å². The second-order valence-corrected chi connectivity index (χ2v) is 5.68. The first kappa shape index (κ1) is 17.8. The lowest BCUT2D eigenvalue weighted by molar-refractivity contribution is 0.0736. The van der Waals surface area contributed by atoms with Gasteiger partial charge in [-0.25, -0.2) is 0 Å². The van der Waals surface area contributed by atoms with Crippen LogP contribution >= 0.6 is 11.6 Å². The molecule has 1 amide bonds. The van der Waals surface area contributed by atoms with Crippen LogP contribution in [0.3, 0.4) is 0 Å². The van der Waals surface area contributed by atoms with Crippen LogP contribution in [-0.2, 0) is 0 Å². The monoisotopic (exact) mass is 310 g/mol. The van der Waals surface area contributed by atoms with E-state index in [1.165, 1.54) is 0 Å². The molecule has 3 nitrogen and oxygen atoms in total. The number of rotatable bonds is 8. The molecule has 1 rings (SSSR count). The van der Waals surface area contributed by atoms with Gasteiger partial charge in [0.1, 0.15) is 0 Å². The Morgan fingerprint density at radius 2 is 1.90 bits per heavy atom. The number of carbonyl (C=O) groups is 1. The predicted molar refractivity (Wildman–Crippen MR) is 91.3 cm³/mol. The molecule has 0 saturated carbocycles. The Hall–Kier alpha value is -1.22. The summed E-state index contributed by atoms with van der Waals surface area (Å²) in [4.78, 5) is 14.7. The highest BCUT2D eigenvalue weighted by atomic mass is 35.5. The standard InChI is InChI=1S/C17H27ClN2O/c1-5-13(6-2)12-20(8-4)17(21)15-11-14(18)9-10-16(15)19-7-3/h9-11,13,19H,5-8,12H2,1-4H3. The number of carbonyl (C=O) groups excluding carboxylic acids is 1. The number of halogens is 1. The summed E-state index contributed by atoms with van der Waals surface area (Å²) in [5.41, 5.74) is 1.52. The number of nitrogens with zero attached hydrogens (tertiary/aromatic N) is 1. The fourth-order valence-electron chi connectivity index (χ4n) is 2.42. The van der Waals surface area contributed by atoms with Crippen molar-refractivity contribution in [1.82, 2.24) is 4.90 Å². The normalized spacial score (nSPS) is 10.8. The molecular weight excluding hydrogens is 284 g/mol. The fraction of sp³-hybridized carbons (Fsp3) is 0.588. The maximum atomic E-state index is 12.8. The molecule has 1 aromatic rings. The van der Waals surface area contributed by atoms with E-state index in [1.54, 1.807) is 6.07 Å². The quantitative estimate of drug-likeness (QED) is 0.756. The lowest BCUT2D eigenvalue weighted by atomic mass is 10.0. The van der Waals surface area contributed by atoms with Crippen LogP contribution in [0.5, 0.6) is 0 Å². The number of benzene rings is 1. The zero-order valence-electron chi connectivity index (χ0n) is 13.6. The van der Waals surface area contributed by atoms with Crippen molar-refractivity contribution < 1.29 is 4.79 Å². The van der Waals surface area contributed by atoms with E-state index >= 15 is 0 Å². The van der Waals surface area contributed by atoms with E-state index in [9.17, 15) is 4.79 Å². The maximum absolute atomic E-state index is 12.8. The molecule has 0 aliphatic heterocycles. The van der Waals surface area contributed by atoms with Crippen LogP contribution in [0.1, 0.15) is 50.9 Å². The molecule has 0 bridgehead atoms. The first-order chi connectivity index (χ1) is 10.1. The highest BCUT2D eigenvalue weighted by Crippen LogP contribution is 2.23. The van der Waals surface area contributed by atoms with Crippen LogP contribution in [0.15, 0.2) is 18.2 Å². The molecule has 0 radical (unpaired) electrons. The first-order valence-corrected chi connectivity index (χ1v) is 8.27. The molecule has 1 aromatic carbocycles. The molecule has 21 heavy (non-hydrogen) atoms. The summed E-state index contributed by atoms with van der Waals surface area (Å²) >= 11 is 6.07. The second-order valence-electron chi connectivity index (χ2n) is 5.25. The summed E-state index contributed by atoms with van der Waals surface area (Å²) < 4.78 is 0. The smallest absolute Gasteiger partial charge is 0.256 e. The molecule has 0 heterocycles. The van der Waals surface area contributed by atoms with E-state index in [0.29, 0.717) is 23.0 Å². The van der Waals surface area contributed by atoms with E-state index in [0.717, 1.165) is 31.6 Å². The molecule has 0 aliphatic carbocycles. The third kappa shape index (κ3) is 4.92. The average molecular weight is 311 g/mol. The van der Waals surface area contributed by atoms with Crippen molar-refractivity contribution >= 4 is 23.2 Å². The van der Waals surface area contributed by atoms with Crippen molar-refractivity contribution in [2.45, 2.75) is 40.5 Å². The molecule has 0 spiro atoms. The Morgan fingerprint density at radius 3 is 2.43 bits per heavy atom. The van der Waals surface area contributed by atoms with E-state index in [2.05, 4.69) is 19.2 Å². The van der Waals surface area contributed by atoms with Gasteiger partial charge in [-0.15, -0.1) is 0 Å². The Bertz CT molecular complexity index is 458. The maximum Gasteiger partial charge on any atom is 0.256 e. The highest BCUT2D eigenvalue weighted by molar-refractivity contribution is 6.31. The number of hydrogen-bond acceptors (Lipinski definition) is 2. The van der Waals surface area contributed by atoms with Gasteiger partial charge < -0.3 is 10.2 Å². The minimum absolute atomic E-state index is 0.0582. The van der Waals surface area contributed by atoms with Crippen LogP contribution in [0, 0.1) is 5.92 Å². The SMILES string of the molecule is CCNc1ccc(Cl)cc1C(=O)N(CC)CC(CC)CC. The Morgan fingerprint density at radius 1 is 1.24 bits per heavy atom. The van der Waals surface area contributed by atoms with Gasteiger partial charge in [-0.05, 0) is 38.0 Å². The highest BCUT2D eigenvalue weighted by Gasteiger charge is 2.20. The number of anilines is 1. The topological polar surface area (TPSA) is 32.3 Å². The minimum atomic E-state index is 0.0582. The summed E-state index contributed by atoms with van der Waals surface area (Å²) in [5.74, 6) is 0.610. The lowest BCUT2D eigenvalue weighted by Gasteiger charge is -2.26. The molecule has 0 saturated heterocycles. The molecule has 0 atom stereocenters. The Balaban J connectivity index is 3.01. The van der Waals surface area contributed by atoms with Gasteiger partial charge in [0.05, 0.1) is 5.56 Å². The third-order valence-electron chi connectivity index (χ3n) is 3.88. The summed E-state index contributed by atoms with van der Waals surface area (Å²) in [6, 6.07) is 5.45. The van der Waals surface area contributed by atoms with E-state index < -0.39 is 0 Å². The van der Waals surface area contributed by atoms with Gasteiger partial charge in [0.25, 0.3) is 5.91 Å². The summed E-state index contributed by atoms with van der Waals surface area (Å²) in [5, 5.41) is 3.83. The van der Waals surface area contributed by atoms with Crippen molar-refractivity contribution in [3.63, 3.8) is 0 Å². The molecular formula is C17H27ClN2O. The van der Waals surface area contributed by atoms with Gasteiger partial charge in [-0.3, -0.25) is 4.79 Å². The second kappa shape index (κ2) is 8.93. The Kier molecular flexibility index (Phi) is 7.58. The minimum Gasteiger partial charge on any atom is -0.385 e. The molecule has 118 valence electrons. The van der Waals surface area contributed by atoms with Gasteiger partial charge in [0.2, 0.25) is 0 Å². The molecule has 0 aliphatic rings. The number of amides is 1. The molecule has 4 heteroatoms. The van der Waals surface area contributed by atoms with Crippen LogP contribution in [0.2, 0.25) is 5.02 Å². The zero-order chi connectivity index (χ0) is 15.8. The summed E-state index contributed by atoms with van der Waals surface area (Å²) in [7, 11) is 0. The van der Waals surface area contributed by atoms with Gasteiger partial charge in [0.15, 0.2) is 0 Å². The number of hydrogen-bond donors (Lipinski definition) is 1. The lowest BCUT2D eigenvalue weighted by Crippen LogP contribution is -2.35. The largest absolute Gasteiger partial charge is 0.385 e. The van der Waals surface area contributed by atoms with Crippen molar-refractivity contribution in [2.24, 2.45) is 5.92 Å². The molecule has 0 aromatic heterocycles. The Labute approximate surface area is 133 Å². The van der Waals surface area contributed by atoms with Gasteiger partial charge in [-0.2, -0.15) is 0 Å². The molecule has 0 fully saturated rings. The first-order valence-electron chi connectivity index (χ1n) is 7.89. The molecule has 0 unspecified atom stereocenters.